The maximum absolute atomic E-state index is 5.85. The lowest BCUT2D eigenvalue weighted by Gasteiger charge is -2.44. The molecule has 1 aliphatic heterocycles. The Labute approximate surface area is 106 Å². The minimum Gasteiger partial charge on any atom is -0.383 e. The van der Waals surface area contributed by atoms with Crippen LogP contribution in [0.4, 0.5) is 17.6 Å². The second-order valence-electron chi connectivity index (χ2n) is 4.96. The van der Waals surface area contributed by atoms with Gasteiger partial charge in [0.1, 0.15) is 11.6 Å². The van der Waals surface area contributed by atoms with Gasteiger partial charge in [0.15, 0.2) is 0 Å². The van der Waals surface area contributed by atoms with E-state index in [4.69, 9.17) is 16.2 Å². The van der Waals surface area contributed by atoms with E-state index in [-0.39, 0.29) is 5.95 Å². The Bertz CT molecular complexity index is 416. The predicted molar refractivity (Wildman–Crippen MR) is 70.2 cm³/mol. The van der Waals surface area contributed by atoms with Crippen molar-refractivity contribution in [3.8, 4) is 0 Å². The average molecular weight is 249 g/mol. The summed E-state index contributed by atoms with van der Waals surface area (Å²) in [5.41, 5.74) is 11.4. The molecule has 1 saturated carbocycles. The van der Waals surface area contributed by atoms with E-state index in [9.17, 15) is 0 Å². The zero-order valence-corrected chi connectivity index (χ0v) is 10.4. The molecule has 6 heteroatoms. The highest BCUT2D eigenvalue weighted by Gasteiger charge is 2.35. The highest BCUT2D eigenvalue weighted by atomic mass is 16.5. The van der Waals surface area contributed by atoms with Crippen LogP contribution in [0.25, 0.3) is 0 Å². The van der Waals surface area contributed by atoms with Crippen molar-refractivity contribution in [2.75, 3.05) is 29.5 Å². The molecule has 2 aliphatic rings. The van der Waals surface area contributed by atoms with Crippen molar-refractivity contribution in [3.63, 3.8) is 0 Å². The summed E-state index contributed by atoms with van der Waals surface area (Å²) in [6, 6.07) is 2.20. The van der Waals surface area contributed by atoms with Gasteiger partial charge in [-0.25, -0.2) is 0 Å². The van der Waals surface area contributed by atoms with Gasteiger partial charge in [-0.2, -0.15) is 9.97 Å². The Balaban J connectivity index is 1.89. The average Bonchev–Trinajstić information content (AvgIpc) is 2.37. The van der Waals surface area contributed by atoms with E-state index in [1.165, 1.54) is 12.8 Å². The molecule has 1 aromatic heterocycles. The highest BCUT2D eigenvalue weighted by Crippen LogP contribution is 2.31. The molecule has 3 rings (SSSR count). The lowest BCUT2D eigenvalue weighted by Crippen LogP contribution is -2.53. The van der Waals surface area contributed by atoms with Crippen LogP contribution in [0.2, 0.25) is 0 Å². The number of aromatic nitrogens is 2. The fourth-order valence-corrected chi connectivity index (χ4v) is 3.00. The molecule has 18 heavy (non-hydrogen) atoms. The molecule has 2 fully saturated rings. The molecule has 0 amide bonds. The van der Waals surface area contributed by atoms with Gasteiger partial charge in [-0.05, 0) is 12.8 Å². The highest BCUT2D eigenvalue weighted by molar-refractivity contribution is 5.51. The van der Waals surface area contributed by atoms with Gasteiger partial charge >= 0.3 is 0 Å². The van der Waals surface area contributed by atoms with E-state index in [1.807, 2.05) is 0 Å². The van der Waals surface area contributed by atoms with Gasteiger partial charge in [0.05, 0.1) is 18.8 Å². The number of morpholine rings is 1. The second kappa shape index (κ2) is 4.61. The number of nitrogen functional groups attached to an aromatic ring is 2. The maximum atomic E-state index is 5.85. The fraction of sp³-hybridized carbons (Fsp3) is 0.667. The molecule has 2 heterocycles. The third kappa shape index (κ3) is 2.08. The first-order valence-electron chi connectivity index (χ1n) is 6.52. The van der Waals surface area contributed by atoms with E-state index >= 15 is 0 Å². The van der Waals surface area contributed by atoms with Crippen molar-refractivity contribution in [2.45, 2.75) is 37.8 Å². The van der Waals surface area contributed by atoms with E-state index in [2.05, 4.69) is 14.9 Å². The second-order valence-corrected chi connectivity index (χ2v) is 4.96. The first-order valence-corrected chi connectivity index (χ1v) is 6.52. The van der Waals surface area contributed by atoms with Crippen LogP contribution < -0.4 is 16.4 Å². The van der Waals surface area contributed by atoms with E-state index in [1.54, 1.807) is 6.07 Å². The van der Waals surface area contributed by atoms with Crippen LogP contribution in [-0.2, 0) is 4.74 Å². The quantitative estimate of drug-likeness (QED) is 0.764. The summed E-state index contributed by atoms with van der Waals surface area (Å²) in [5, 5.41) is 0. The molecule has 0 aromatic carbocycles. The number of hydrogen-bond donors (Lipinski definition) is 2. The van der Waals surface area contributed by atoms with Gasteiger partial charge in [0.2, 0.25) is 5.95 Å². The largest absolute Gasteiger partial charge is 0.383 e. The standard InChI is InChI=1S/C12H19N5O/c13-10-7-11(16-12(14)15-10)17-5-6-18-9-4-2-1-3-8(9)17/h7-9H,1-6H2,(H4,13,14,15,16). The molecule has 0 spiro atoms. The molecule has 6 nitrogen and oxygen atoms in total. The van der Waals surface area contributed by atoms with Crippen molar-refractivity contribution in [1.29, 1.82) is 0 Å². The van der Waals surface area contributed by atoms with Crippen LogP contribution >= 0.6 is 0 Å². The zero-order valence-electron chi connectivity index (χ0n) is 10.4. The van der Waals surface area contributed by atoms with Crippen LogP contribution in [0.1, 0.15) is 25.7 Å². The normalized spacial score (nSPS) is 27.9. The van der Waals surface area contributed by atoms with Gasteiger partial charge in [-0.15, -0.1) is 0 Å². The minimum absolute atomic E-state index is 0.240. The Hall–Kier alpha value is -1.56. The van der Waals surface area contributed by atoms with Gasteiger partial charge in [-0.1, -0.05) is 12.8 Å². The maximum Gasteiger partial charge on any atom is 0.223 e. The van der Waals surface area contributed by atoms with E-state index in [0.717, 1.165) is 31.8 Å². The van der Waals surface area contributed by atoms with Crippen molar-refractivity contribution >= 4 is 17.6 Å². The third-order valence-electron chi connectivity index (χ3n) is 3.78. The fourth-order valence-electron chi connectivity index (χ4n) is 3.00. The Morgan fingerprint density at radius 2 is 2.06 bits per heavy atom. The smallest absolute Gasteiger partial charge is 0.223 e. The van der Waals surface area contributed by atoms with Crippen LogP contribution in [-0.4, -0.2) is 35.3 Å². The molecule has 1 aromatic rings. The van der Waals surface area contributed by atoms with Crippen molar-refractivity contribution in [1.82, 2.24) is 9.97 Å². The molecule has 98 valence electrons. The molecular formula is C12H19N5O. The SMILES string of the molecule is Nc1cc(N2CCOC3CCCCC32)nc(N)n1. The Morgan fingerprint density at radius 1 is 1.22 bits per heavy atom. The number of hydrogen-bond acceptors (Lipinski definition) is 6. The number of fused-ring (bicyclic) bond motifs is 1. The van der Waals surface area contributed by atoms with Gasteiger partial charge in [0, 0.05) is 12.6 Å². The molecular weight excluding hydrogens is 230 g/mol. The predicted octanol–water partition coefficient (Wildman–Crippen LogP) is 0.789. The van der Waals surface area contributed by atoms with E-state index < -0.39 is 0 Å². The van der Waals surface area contributed by atoms with Gasteiger partial charge in [0.25, 0.3) is 0 Å². The Kier molecular flexibility index (Phi) is 2.95. The topological polar surface area (TPSA) is 90.3 Å². The Morgan fingerprint density at radius 3 is 2.89 bits per heavy atom. The van der Waals surface area contributed by atoms with Gasteiger partial charge < -0.3 is 21.1 Å². The number of ether oxygens (including phenoxy) is 1. The monoisotopic (exact) mass is 249 g/mol. The molecule has 0 bridgehead atoms. The molecule has 1 saturated heterocycles. The minimum atomic E-state index is 0.240. The first-order chi connectivity index (χ1) is 8.74. The van der Waals surface area contributed by atoms with Crippen molar-refractivity contribution in [2.24, 2.45) is 0 Å². The summed E-state index contributed by atoms with van der Waals surface area (Å²) in [6.07, 6.45) is 5.11. The lowest BCUT2D eigenvalue weighted by molar-refractivity contribution is -0.00898. The summed E-state index contributed by atoms with van der Waals surface area (Å²) < 4.78 is 5.85. The number of nitrogens with two attached hydrogens (primary N) is 2. The molecule has 0 radical (unpaired) electrons. The van der Waals surface area contributed by atoms with Crippen LogP contribution in [0.5, 0.6) is 0 Å². The number of nitrogens with zero attached hydrogens (tertiary/aromatic N) is 3. The van der Waals surface area contributed by atoms with Crippen LogP contribution in [0.3, 0.4) is 0 Å². The molecule has 2 unspecified atom stereocenters. The first kappa shape index (κ1) is 11.5. The number of rotatable bonds is 1. The summed E-state index contributed by atoms with van der Waals surface area (Å²) in [7, 11) is 0. The summed E-state index contributed by atoms with van der Waals surface area (Å²) >= 11 is 0. The third-order valence-corrected chi connectivity index (χ3v) is 3.78. The van der Waals surface area contributed by atoms with E-state index in [0.29, 0.717) is 18.0 Å². The molecule has 2 atom stereocenters. The zero-order chi connectivity index (χ0) is 12.5. The van der Waals surface area contributed by atoms with Crippen LogP contribution in [0.15, 0.2) is 6.07 Å². The molecule has 1 aliphatic carbocycles. The summed E-state index contributed by atoms with van der Waals surface area (Å²) in [4.78, 5) is 10.5. The summed E-state index contributed by atoms with van der Waals surface area (Å²) in [6.45, 7) is 1.59. The van der Waals surface area contributed by atoms with Crippen molar-refractivity contribution in [3.05, 3.63) is 6.07 Å². The van der Waals surface area contributed by atoms with Crippen LogP contribution in [0, 0.1) is 0 Å². The number of anilines is 3. The molecule has 4 N–H and O–H groups in total. The van der Waals surface area contributed by atoms with Gasteiger partial charge in [-0.3, -0.25) is 0 Å². The van der Waals surface area contributed by atoms with Crippen molar-refractivity contribution < 1.29 is 4.74 Å². The summed E-state index contributed by atoms with van der Waals surface area (Å²) in [5.74, 6) is 1.50. The lowest BCUT2D eigenvalue weighted by atomic mass is 9.90.